The van der Waals surface area contributed by atoms with Gasteiger partial charge in [0.1, 0.15) is 5.69 Å². The van der Waals surface area contributed by atoms with Crippen LogP contribution in [-0.4, -0.2) is 31.0 Å². The number of benzene rings is 1. The Morgan fingerprint density at radius 3 is 2.62 bits per heavy atom. The van der Waals surface area contributed by atoms with Crippen molar-refractivity contribution in [2.45, 2.75) is 46.8 Å². The number of anilines is 2. The third-order valence-electron chi connectivity index (χ3n) is 4.56. The van der Waals surface area contributed by atoms with Crippen molar-refractivity contribution in [3.63, 3.8) is 0 Å². The molecule has 0 saturated carbocycles. The first-order valence-corrected chi connectivity index (χ1v) is 9.32. The first kappa shape index (κ1) is 20.9. The Balaban J connectivity index is 1.82. The summed E-state index contributed by atoms with van der Waals surface area (Å²) in [6.45, 7) is 8.27. The molecule has 0 aliphatic rings. The predicted molar refractivity (Wildman–Crippen MR) is 108 cm³/mol. The average Bonchev–Trinajstić information content (AvgIpc) is 3.09. The van der Waals surface area contributed by atoms with E-state index in [1.807, 2.05) is 52.1 Å². The van der Waals surface area contributed by atoms with Gasteiger partial charge in [0.2, 0.25) is 5.95 Å². The lowest BCUT2D eigenvalue weighted by Gasteiger charge is -2.25. The molecule has 0 aliphatic heterocycles. The van der Waals surface area contributed by atoms with E-state index in [0.717, 1.165) is 16.7 Å². The molecular formula is C21H25F2N5O. The largest absolute Gasteiger partial charge is 0.391 e. The van der Waals surface area contributed by atoms with Crippen LogP contribution in [0.4, 0.5) is 20.4 Å². The molecule has 2 aromatic heterocycles. The minimum atomic E-state index is -2.65. The number of aliphatic hydroxyl groups is 1. The molecule has 154 valence electrons. The first-order valence-electron chi connectivity index (χ1n) is 9.32. The van der Waals surface area contributed by atoms with Gasteiger partial charge < -0.3 is 10.4 Å². The van der Waals surface area contributed by atoms with Crippen LogP contribution in [0.15, 0.2) is 42.9 Å². The Morgan fingerprint density at radius 1 is 1.17 bits per heavy atom. The molecule has 0 radical (unpaired) electrons. The summed E-state index contributed by atoms with van der Waals surface area (Å²) in [6.07, 6.45) is 1.74. The van der Waals surface area contributed by atoms with E-state index in [1.54, 1.807) is 10.9 Å². The number of aromatic nitrogens is 4. The molecule has 0 aliphatic carbocycles. The highest BCUT2D eigenvalue weighted by Gasteiger charge is 2.22. The number of aliphatic hydroxyl groups excluding tert-OH is 1. The Labute approximate surface area is 168 Å². The highest BCUT2D eigenvalue weighted by molar-refractivity contribution is 5.70. The van der Waals surface area contributed by atoms with Crippen LogP contribution in [-0.2, 0) is 6.54 Å². The van der Waals surface area contributed by atoms with Gasteiger partial charge in [-0.1, -0.05) is 26.8 Å². The summed E-state index contributed by atoms with van der Waals surface area (Å²) >= 11 is 0. The van der Waals surface area contributed by atoms with E-state index in [4.69, 9.17) is 0 Å². The molecule has 1 aromatic carbocycles. The van der Waals surface area contributed by atoms with E-state index in [0.29, 0.717) is 12.2 Å². The molecule has 0 fully saturated rings. The monoisotopic (exact) mass is 401 g/mol. The van der Waals surface area contributed by atoms with Crippen molar-refractivity contribution in [3.8, 4) is 11.1 Å². The maximum atomic E-state index is 12.9. The van der Waals surface area contributed by atoms with Crippen molar-refractivity contribution in [2.75, 3.05) is 5.32 Å². The van der Waals surface area contributed by atoms with Gasteiger partial charge in [-0.25, -0.2) is 18.7 Å². The first-order chi connectivity index (χ1) is 13.6. The quantitative estimate of drug-likeness (QED) is 0.624. The number of alkyl halides is 2. The Kier molecular flexibility index (Phi) is 5.93. The lowest BCUT2D eigenvalue weighted by molar-refractivity contribution is 0.0451. The van der Waals surface area contributed by atoms with Crippen LogP contribution in [0.5, 0.6) is 0 Å². The molecule has 29 heavy (non-hydrogen) atoms. The third kappa shape index (κ3) is 5.35. The molecule has 2 N–H and O–H groups in total. The highest BCUT2D eigenvalue weighted by atomic mass is 19.3. The zero-order valence-electron chi connectivity index (χ0n) is 16.9. The molecule has 0 spiro atoms. The van der Waals surface area contributed by atoms with Gasteiger partial charge in [-0.3, -0.25) is 4.68 Å². The van der Waals surface area contributed by atoms with Crippen LogP contribution in [0.3, 0.4) is 0 Å². The molecule has 1 atom stereocenters. The van der Waals surface area contributed by atoms with E-state index in [9.17, 15) is 13.9 Å². The van der Waals surface area contributed by atoms with Crippen LogP contribution in [0.2, 0.25) is 0 Å². The second-order valence-corrected chi connectivity index (χ2v) is 8.15. The summed E-state index contributed by atoms with van der Waals surface area (Å²) in [7, 11) is 0. The van der Waals surface area contributed by atoms with Crippen molar-refractivity contribution < 1.29 is 13.9 Å². The van der Waals surface area contributed by atoms with Crippen molar-refractivity contribution in [1.29, 1.82) is 0 Å². The molecular weight excluding hydrogens is 376 g/mol. The van der Waals surface area contributed by atoms with Crippen LogP contribution < -0.4 is 5.32 Å². The lowest BCUT2D eigenvalue weighted by Crippen LogP contribution is -2.30. The smallest absolute Gasteiger partial charge is 0.280 e. The fourth-order valence-electron chi connectivity index (χ4n) is 2.77. The van der Waals surface area contributed by atoms with Crippen LogP contribution in [0, 0.1) is 12.3 Å². The van der Waals surface area contributed by atoms with E-state index in [1.165, 1.54) is 12.3 Å². The summed E-state index contributed by atoms with van der Waals surface area (Å²) in [4.78, 5) is 7.85. The molecule has 2 heterocycles. The van der Waals surface area contributed by atoms with Gasteiger partial charge in [0.05, 0.1) is 18.8 Å². The van der Waals surface area contributed by atoms with Gasteiger partial charge in [-0.2, -0.15) is 5.10 Å². The highest BCUT2D eigenvalue weighted by Crippen LogP contribution is 2.27. The van der Waals surface area contributed by atoms with Gasteiger partial charge in [0.25, 0.3) is 6.43 Å². The van der Waals surface area contributed by atoms with Gasteiger partial charge in [-0.15, -0.1) is 0 Å². The number of nitrogens with one attached hydrogen (secondary N) is 1. The Bertz CT molecular complexity index is 981. The van der Waals surface area contributed by atoms with Gasteiger partial charge in [0, 0.05) is 23.6 Å². The maximum Gasteiger partial charge on any atom is 0.280 e. The number of halogens is 2. The zero-order chi connectivity index (χ0) is 21.2. The number of rotatable bonds is 6. The molecule has 1 unspecified atom stereocenters. The van der Waals surface area contributed by atoms with Gasteiger partial charge in [0.15, 0.2) is 0 Å². The van der Waals surface area contributed by atoms with E-state index < -0.39 is 12.5 Å². The second-order valence-electron chi connectivity index (χ2n) is 8.15. The second kappa shape index (κ2) is 8.24. The molecule has 0 amide bonds. The van der Waals surface area contributed by atoms with Crippen molar-refractivity contribution >= 4 is 11.6 Å². The SMILES string of the molecule is Cc1cc(Nc2nccc(C(F)F)n2)cc(-c2cnn(CC(O)C(C)(C)C)c2)c1. The van der Waals surface area contributed by atoms with E-state index in [-0.39, 0.29) is 17.1 Å². The molecule has 8 heteroatoms. The predicted octanol–water partition coefficient (Wildman–Crippen LogP) is 4.74. The minimum absolute atomic E-state index is 0.114. The summed E-state index contributed by atoms with van der Waals surface area (Å²) in [5.41, 5.74) is 2.91. The molecule has 3 aromatic rings. The fourth-order valence-corrected chi connectivity index (χ4v) is 2.77. The Morgan fingerprint density at radius 2 is 1.93 bits per heavy atom. The summed E-state index contributed by atoms with van der Waals surface area (Å²) < 4.78 is 27.4. The number of nitrogens with zero attached hydrogens (tertiary/aromatic N) is 4. The standard InChI is InChI=1S/C21H25F2N5O/c1-13-7-14(15-10-25-28(11-15)12-18(29)21(2,3)4)9-16(8-13)26-20-24-6-5-17(27-20)19(22)23/h5-11,18-19,29H,12H2,1-4H3,(H,24,26,27). The van der Waals surface area contributed by atoms with E-state index in [2.05, 4.69) is 20.4 Å². The van der Waals surface area contributed by atoms with Crippen LogP contribution >= 0.6 is 0 Å². The molecule has 0 saturated heterocycles. The summed E-state index contributed by atoms with van der Waals surface area (Å²) in [5, 5.41) is 17.6. The topological polar surface area (TPSA) is 75.9 Å². The zero-order valence-corrected chi connectivity index (χ0v) is 16.9. The molecule has 0 bridgehead atoms. The van der Waals surface area contributed by atoms with E-state index >= 15 is 0 Å². The van der Waals surface area contributed by atoms with Gasteiger partial charge in [-0.05, 0) is 41.7 Å². The lowest BCUT2D eigenvalue weighted by atomic mass is 9.89. The third-order valence-corrected chi connectivity index (χ3v) is 4.56. The normalized spacial score (nSPS) is 13.0. The number of hydrogen-bond acceptors (Lipinski definition) is 5. The van der Waals surface area contributed by atoms with Gasteiger partial charge >= 0.3 is 0 Å². The maximum absolute atomic E-state index is 12.9. The minimum Gasteiger partial charge on any atom is -0.391 e. The van der Waals surface area contributed by atoms with Crippen molar-refractivity contribution in [1.82, 2.24) is 19.7 Å². The van der Waals surface area contributed by atoms with Crippen molar-refractivity contribution in [3.05, 3.63) is 54.1 Å². The molecule has 6 nitrogen and oxygen atoms in total. The molecule has 3 rings (SSSR count). The Hall–Kier alpha value is -2.87. The number of hydrogen-bond donors (Lipinski definition) is 2. The van der Waals surface area contributed by atoms with Crippen LogP contribution in [0.25, 0.3) is 11.1 Å². The average molecular weight is 401 g/mol. The fraction of sp³-hybridized carbons (Fsp3) is 0.381. The summed E-state index contributed by atoms with van der Waals surface area (Å²) in [5.74, 6) is 0.114. The van der Waals surface area contributed by atoms with Crippen LogP contribution in [0.1, 0.15) is 38.5 Å². The van der Waals surface area contributed by atoms with Crippen molar-refractivity contribution in [2.24, 2.45) is 5.41 Å². The summed E-state index contributed by atoms with van der Waals surface area (Å²) in [6, 6.07) is 6.96. The number of aryl methyl sites for hydroxylation is 1.